The van der Waals surface area contributed by atoms with Crippen LogP contribution in [0.1, 0.15) is 72.7 Å². The van der Waals surface area contributed by atoms with E-state index in [1.165, 1.54) is 0 Å². The molecule has 3 saturated heterocycles. The molecule has 4 fully saturated rings. The van der Waals surface area contributed by atoms with Gasteiger partial charge in [0.05, 0.1) is 11.1 Å². The summed E-state index contributed by atoms with van der Waals surface area (Å²) in [5, 5.41) is 5.03. The summed E-state index contributed by atoms with van der Waals surface area (Å²) in [7, 11) is 0. The van der Waals surface area contributed by atoms with Crippen molar-refractivity contribution in [3.8, 4) is 0 Å². The monoisotopic (exact) mass is 596 g/mol. The summed E-state index contributed by atoms with van der Waals surface area (Å²) >= 11 is 0. The van der Waals surface area contributed by atoms with Gasteiger partial charge in [0.1, 0.15) is 6.04 Å². The van der Waals surface area contributed by atoms with E-state index in [2.05, 4.69) is 20.4 Å². The maximum atomic E-state index is 13.2. The zero-order valence-electron chi connectivity index (χ0n) is 24.1. The molecule has 6 amide bonds. The van der Waals surface area contributed by atoms with Crippen LogP contribution >= 0.6 is 0 Å². The maximum Gasteiger partial charge on any atom is 0.262 e. The Bertz CT molecular complexity index is 1660. The number of nitrogens with one attached hydrogen (secondary N) is 2. The molecule has 5 heterocycles. The third-order valence-corrected chi connectivity index (χ3v) is 10.3. The van der Waals surface area contributed by atoms with Gasteiger partial charge in [-0.3, -0.25) is 43.9 Å². The van der Waals surface area contributed by atoms with Crippen LogP contribution in [0.2, 0.25) is 0 Å². The van der Waals surface area contributed by atoms with E-state index in [-0.39, 0.29) is 30.1 Å². The zero-order valence-corrected chi connectivity index (χ0v) is 24.1. The lowest BCUT2D eigenvalue weighted by Gasteiger charge is -2.62. The highest BCUT2D eigenvalue weighted by atomic mass is 16.2. The molecule has 0 bridgehead atoms. The minimum Gasteiger partial charge on any atom is -0.370 e. The topological polar surface area (TPSA) is 139 Å². The number of carbonyl (C=O) groups excluding carboxylic acids is 6. The SMILES string of the molecule is O=C1CCC(N2C(=O)c3ccc(N4CC5(CC(N6CCN(C(=O)c7ccc8c(c7)CNC8=O)CC6)C5)C4)cc3C2=O)C(=O)N1. The van der Waals surface area contributed by atoms with Crippen molar-refractivity contribution in [2.45, 2.75) is 44.3 Å². The summed E-state index contributed by atoms with van der Waals surface area (Å²) < 4.78 is 0. The summed E-state index contributed by atoms with van der Waals surface area (Å²) in [6.07, 6.45) is 2.42. The van der Waals surface area contributed by atoms with Crippen molar-refractivity contribution in [2.24, 2.45) is 5.41 Å². The van der Waals surface area contributed by atoms with Crippen LogP contribution in [0, 0.1) is 5.41 Å². The first-order chi connectivity index (χ1) is 21.2. The molecule has 12 heteroatoms. The van der Waals surface area contributed by atoms with E-state index in [9.17, 15) is 28.8 Å². The molecule has 44 heavy (non-hydrogen) atoms. The number of piperidine rings is 1. The summed E-state index contributed by atoms with van der Waals surface area (Å²) in [4.78, 5) is 82.7. The molecule has 1 saturated carbocycles. The van der Waals surface area contributed by atoms with Crippen LogP contribution in [0.3, 0.4) is 0 Å². The molecule has 2 aromatic carbocycles. The number of benzene rings is 2. The van der Waals surface area contributed by atoms with Crippen LogP contribution in [0.5, 0.6) is 0 Å². The molecule has 5 aliphatic heterocycles. The molecular formula is C32H32N6O6. The first-order valence-electron chi connectivity index (χ1n) is 15.2. The van der Waals surface area contributed by atoms with E-state index >= 15 is 0 Å². The van der Waals surface area contributed by atoms with Crippen molar-refractivity contribution in [3.63, 3.8) is 0 Å². The standard InChI is InChI=1S/C32H32N6O6/c39-26-6-5-25(28(41)34-26)38-30(43)23-4-2-20(12-24(23)31(38)44)37-16-32(17-37)13-21(14-32)35-7-9-36(10-8-35)29(42)18-1-3-22-19(11-18)15-33-27(22)40/h1-4,11-12,21,25H,5-10,13-17H2,(H,33,40)(H,34,39,41). The third-order valence-electron chi connectivity index (χ3n) is 10.3. The third kappa shape index (κ3) is 4.15. The van der Waals surface area contributed by atoms with Gasteiger partial charge in [0.25, 0.3) is 23.6 Å². The van der Waals surface area contributed by atoms with Crippen LogP contribution < -0.4 is 15.5 Å². The normalized spacial score (nSPS) is 24.6. The highest BCUT2D eigenvalue weighted by Gasteiger charge is 2.54. The smallest absolute Gasteiger partial charge is 0.262 e. The number of imide groups is 2. The minimum absolute atomic E-state index is 0.0151. The number of hydrogen-bond acceptors (Lipinski definition) is 8. The largest absolute Gasteiger partial charge is 0.370 e. The van der Waals surface area contributed by atoms with Crippen LogP contribution in [0.25, 0.3) is 0 Å². The van der Waals surface area contributed by atoms with Gasteiger partial charge in [0.15, 0.2) is 0 Å². The predicted molar refractivity (Wildman–Crippen MR) is 156 cm³/mol. The van der Waals surface area contributed by atoms with Crippen molar-refractivity contribution in [3.05, 3.63) is 64.2 Å². The molecule has 226 valence electrons. The van der Waals surface area contributed by atoms with Crippen molar-refractivity contribution in [2.75, 3.05) is 44.2 Å². The molecular weight excluding hydrogens is 564 g/mol. The Morgan fingerprint density at radius 1 is 0.841 bits per heavy atom. The van der Waals surface area contributed by atoms with E-state index in [0.29, 0.717) is 47.9 Å². The molecule has 1 spiro atoms. The van der Waals surface area contributed by atoms with Gasteiger partial charge in [0.2, 0.25) is 11.8 Å². The van der Waals surface area contributed by atoms with Crippen LogP contribution in [-0.4, -0.2) is 101 Å². The number of carbonyl (C=O) groups is 6. The van der Waals surface area contributed by atoms with Gasteiger partial charge < -0.3 is 15.1 Å². The fourth-order valence-electron chi connectivity index (χ4n) is 7.90. The van der Waals surface area contributed by atoms with Gasteiger partial charge in [0, 0.05) is 80.5 Å². The second kappa shape index (κ2) is 9.71. The van der Waals surface area contributed by atoms with Crippen LogP contribution in [-0.2, 0) is 16.1 Å². The molecule has 0 aromatic heterocycles. The Balaban J connectivity index is 0.843. The fourth-order valence-corrected chi connectivity index (χ4v) is 7.90. The van der Waals surface area contributed by atoms with Gasteiger partial charge in [-0.25, -0.2) is 0 Å². The number of anilines is 1. The summed E-state index contributed by atoms with van der Waals surface area (Å²) in [6.45, 7) is 5.28. The Morgan fingerprint density at radius 2 is 1.57 bits per heavy atom. The molecule has 1 atom stereocenters. The van der Waals surface area contributed by atoms with Crippen molar-refractivity contribution in [1.82, 2.24) is 25.3 Å². The van der Waals surface area contributed by atoms with Crippen LogP contribution in [0.15, 0.2) is 36.4 Å². The van der Waals surface area contributed by atoms with Gasteiger partial charge in [-0.05, 0) is 61.2 Å². The summed E-state index contributed by atoms with van der Waals surface area (Å²) in [6, 6.07) is 10.2. The second-order valence-corrected chi connectivity index (χ2v) is 13.0. The average Bonchev–Trinajstić information content (AvgIpc) is 3.47. The number of nitrogens with zero attached hydrogens (tertiary/aromatic N) is 4. The zero-order chi connectivity index (χ0) is 30.3. The Kier molecular flexibility index (Phi) is 5.96. The lowest BCUT2D eigenvalue weighted by Crippen LogP contribution is -2.68. The van der Waals surface area contributed by atoms with E-state index in [0.717, 1.165) is 55.2 Å². The first kappa shape index (κ1) is 27.0. The average molecular weight is 597 g/mol. The Labute approximate surface area is 253 Å². The number of amides is 6. The molecule has 1 aliphatic carbocycles. The number of fused-ring (bicyclic) bond motifs is 2. The number of hydrogen-bond donors (Lipinski definition) is 2. The molecule has 6 aliphatic rings. The molecule has 12 nitrogen and oxygen atoms in total. The van der Waals surface area contributed by atoms with Crippen LogP contribution in [0.4, 0.5) is 5.69 Å². The van der Waals surface area contributed by atoms with Gasteiger partial charge in [-0.15, -0.1) is 0 Å². The van der Waals surface area contributed by atoms with Gasteiger partial charge >= 0.3 is 0 Å². The lowest BCUT2D eigenvalue weighted by atomic mass is 9.60. The molecule has 2 N–H and O–H groups in total. The number of rotatable bonds is 4. The predicted octanol–water partition coefficient (Wildman–Crippen LogP) is 0.758. The number of piperazine rings is 1. The van der Waals surface area contributed by atoms with E-state index in [1.54, 1.807) is 24.3 Å². The Morgan fingerprint density at radius 3 is 2.32 bits per heavy atom. The highest BCUT2D eigenvalue weighted by molar-refractivity contribution is 6.23. The van der Waals surface area contributed by atoms with E-state index in [4.69, 9.17) is 0 Å². The second-order valence-electron chi connectivity index (χ2n) is 13.0. The first-order valence-corrected chi connectivity index (χ1v) is 15.2. The maximum absolute atomic E-state index is 13.2. The van der Waals surface area contributed by atoms with Crippen molar-refractivity contribution < 1.29 is 28.8 Å². The highest BCUT2D eigenvalue weighted by Crippen LogP contribution is 2.51. The fraction of sp³-hybridized carbons (Fsp3) is 0.438. The van der Waals surface area contributed by atoms with E-state index in [1.807, 2.05) is 17.0 Å². The van der Waals surface area contributed by atoms with Gasteiger partial charge in [-0.1, -0.05) is 0 Å². The molecule has 2 aromatic rings. The van der Waals surface area contributed by atoms with E-state index < -0.39 is 29.7 Å². The van der Waals surface area contributed by atoms with Crippen molar-refractivity contribution >= 4 is 41.1 Å². The summed E-state index contributed by atoms with van der Waals surface area (Å²) in [5.74, 6) is -2.05. The van der Waals surface area contributed by atoms with Gasteiger partial charge in [-0.2, -0.15) is 0 Å². The quantitative estimate of drug-likeness (QED) is 0.494. The lowest BCUT2D eigenvalue weighted by molar-refractivity contribution is -0.136. The molecule has 0 radical (unpaired) electrons. The molecule has 1 unspecified atom stereocenters. The Hall–Kier alpha value is -4.58. The summed E-state index contributed by atoms with van der Waals surface area (Å²) in [5.41, 5.74) is 3.89. The van der Waals surface area contributed by atoms with Crippen molar-refractivity contribution in [1.29, 1.82) is 0 Å². The minimum atomic E-state index is -0.966. The molecule has 8 rings (SSSR count).